The first-order chi connectivity index (χ1) is 27.1. The number of rotatable bonds is 8. The minimum atomic E-state index is -5.33. The number of carbonyl (C=O) groups excluding carboxylic acids is 2. The maximum Gasteiger partial charge on any atom is 0.421 e. The van der Waals surface area contributed by atoms with Crippen LogP contribution in [-0.2, 0) is 31.6 Å². The number of fused-ring (bicyclic) bond motifs is 4. The van der Waals surface area contributed by atoms with Crippen LogP contribution in [-0.4, -0.2) is 55.4 Å². The third-order valence-electron chi connectivity index (χ3n) is 9.17. The summed E-state index contributed by atoms with van der Waals surface area (Å²) in [4.78, 5) is 53.5. The van der Waals surface area contributed by atoms with Crippen LogP contribution in [0.3, 0.4) is 0 Å². The molecule has 0 aromatic heterocycles. The summed E-state index contributed by atoms with van der Waals surface area (Å²) >= 11 is 0. The van der Waals surface area contributed by atoms with Crippen molar-refractivity contribution in [3.63, 3.8) is 0 Å². The highest BCUT2D eigenvalue weighted by Gasteiger charge is 2.35. The molecule has 3 aliphatic rings. The summed E-state index contributed by atoms with van der Waals surface area (Å²) in [6.45, 7) is 0.0832. The predicted octanol–water partition coefficient (Wildman–Crippen LogP) is 3.78. The van der Waals surface area contributed by atoms with Crippen LogP contribution in [0.4, 0.5) is 11.4 Å². The zero-order chi connectivity index (χ0) is 40.8. The van der Waals surface area contributed by atoms with Gasteiger partial charge in [-0.15, -0.1) is 0 Å². The second-order valence-corrected chi connectivity index (χ2v) is 15.4. The Morgan fingerprint density at radius 1 is 0.842 bits per heavy atom. The van der Waals surface area contributed by atoms with Crippen LogP contribution in [0.5, 0.6) is 0 Å². The number of carbonyl (C=O) groups is 3. The molecule has 0 fully saturated rings. The Labute approximate surface area is 322 Å². The van der Waals surface area contributed by atoms with Crippen molar-refractivity contribution in [2.75, 3.05) is 17.2 Å². The first-order valence-corrected chi connectivity index (χ1v) is 19.5. The van der Waals surface area contributed by atoms with Crippen LogP contribution < -0.4 is 26.2 Å². The number of aromatic carboxylic acids is 1. The normalized spacial score (nSPS) is 12.4. The summed E-state index contributed by atoms with van der Waals surface area (Å²) in [6, 6.07) is 22.3. The molecule has 286 valence electrons. The molecule has 4 aromatic carbocycles. The summed E-state index contributed by atoms with van der Waals surface area (Å²) < 4.78 is 76.0. The number of nitroso groups, excluding NO2 is 1. The molecule has 4 aromatic rings. The average molecular weight is 808 g/mol. The number of para-hydroxylation sites is 1. The number of nitrogen functional groups attached to an aromatic ring is 1. The maximum atomic E-state index is 13.6. The van der Waals surface area contributed by atoms with E-state index in [2.05, 4.69) is 22.0 Å². The van der Waals surface area contributed by atoms with E-state index < -0.39 is 69.9 Å². The van der Waals surface area contributed by atoms with Gasteiger partial charge in [0.05, 0.1) is 23.5 Å². The molecule has 1 aliphatic carbocycles. The largest absolute Gasteiger partial charge is 0.478 e. The van der Waals surface area contributed by atoms with Crippen LogP contribution in [0.15, 0.2) is 105 Å². The topological polar surface area (TPSA) is 266 Å². The highest BCUT2D eigenvalue weighted by Crippen LogP contribution is 2.45. The van der Waals surface area contributed by atoms with Gasteiger partial charge in [-0.2, -0.15) is 16.8 Å². The van der Waals surface area contributed by atoms with Gasteiger partial charge in [-0.3, -0.25) is 18.7 Å². The van der Waals surface area contributed by atoms with Crippen molar-refractivity contribution in [3.8, 4) is 34.3 Å². The van der Waals surface area contributed by atoms with E-state index in [1.807, 2.05) is 30.3 Å². The van der Waals surface area contributed by atoms with Gasteiger partial charge >= 0.3 is 21.4 Å². The molecule has 0 unspecified atom stereocenters. The lowest BCUT2D eigenvalue weighted by Crippen LogP contribution is -2.35. The fourth-order valence-electron chi connectivity index (χ4n) is 6.66. The van der Waals surface area contributed by atoms with E-state index in [1.54, 1.807) is 23.1 Å². The standard InChI is InChI=1S/C39H26N4O12S2/c40-29-15-13-26-33(27-14-16-30(42-48)37(57(52,53)54)35(27)55-34(26)36(29)56(49,50)51)25-12-11-23(19-28(25)39(46)47)38(45)41-18-17-32(44)43-20-24-7-2-1-5-21(24)9-10-22-6-3-4-8-31(22)43/h1-8,11-16,19,40H,17-18,20H2,(H4,41,45,46,47,49,50,51,52,53,54)/p+1. The molecule has 16 nitrogen and oxygen atoms in total. The van der Waals surface area contributed by atoms with Crippen molar-refractivity contribution in [1.82, 2.24) is 10.2 Å². The Bertz CT molecular complexity index is 3090. The molecule has 0 bridgehead atoms. The first kappa shape index (κ1) is 38.2. The van der Waals surface area contributed by atoms with Crippen molar-refractivity contribution >= 4 is 60.4 Å². The molecule has 0 saturated heterocycles. The molecular formula is C39H27N4O12S2+. The third kappa shape index (κ3) is 7.11. The van der Waals surface area contributed by atoms with Crippen molar-refractivity contribution < 1.29 is 49.8 Å². The number of hydrogen-bond acceptors (Lipinski definition) is 10. The van der Waals surface area contributed by atoms with Crippen LogP contribution in [0.25, 0.3) is 33.4 Å². The van der Waals surface area contributed by atoms with Gasteiger partial charge in [0.25, 0.3) is 16.0 Å². The number of anilines is 2. The number of amides is 2. The van der Waals surface area contributed by atoms with Gasteiger partial charge in [-0.1, -0.05) is 48.2 Å². The van der Waals surface area contributed by atoms with Crippen molar-refractivity contribution in [3.05, 3.63) is 129 Å². The molecule has 2 heterocycles. The average Bonchev–Trinajstić information content (AvgIpc) is 3.16. The van der Waals surface area contributed by atoms with Gasteiger partial charge < -0.3 is 25.5 Å². The number of nitrogens with one attached hydrogen (secondary N) is 1. The van der Waals surface area contributed by atoms with Crippen molar-refractivity contribution in [2.24, 2.45) is 0 Å². The predicted molar refractivity (Wildman–Crippen MR) is 205 cm³/mol. The number of benzene rings is 5. The quantitative estimate of drug-likeness (QED) is 0.0483. The number of carboxylic acid groups (broad SMARTS) is 1. The number of nitrogens with two attached hydrogens (primary N) is 1. The van der Waals surface area contributed by atoms with E-state index in [1.165, 1.54) is 18.2 Å². The van der Waals surface area contributed by atoms with E-state index in [9.17, 15) is 50.3 Å². The van der Waals surface area contributed by atoms with E-state index in [-0.39, 0.29) is 53.1 Å². The van der Waals surface area contributed by atoms with Gasteiger partial charge in [-0.25, -0.2) is 4.79 Å². The molecule has 0 saturated carbocycles. The Morgan fingerprint density at radius 2 is 1.51 bits per heavy atom. The second-order valence-electron chi connectivity index (χ2n) is 12.6. The van der Waals surface area contributed by atoms with Crippen molar-refractivity contribution in [2.45, 2.75) is 22.8 Å². The molecule has 2 aliphatic heterocycles. The van der Waals surface area contributed by atoms with E-state index in [0.717, 1.165) is 35.4 Å². The van der Waals surface area contributed by atoms with Crippen LogP contribution in [0.1, 0.15) is 43.8 Å². The first-order valence-electron chi connectivity index (χ1n) is 16.7. The van der Waals surface area contributed by atoms with E-state index in [0.29, 0.717) is 11.3 Å². The molecular weight excluding hydrogens is 781 g/mol. The van der Waals surface area contributed by atoms with Gasteiger partial charge in [0, 0.05) is 52.2 Å². The van der Waals surface area contributed by atoms with Crippen molar-refractivity contribution in [1.29, 1.82) is 0 Å². The third-order valence-corrected chi connectivity index (χ3v) is 11.0. The van der Waals surface area contributed by atoms with Gasteiger partial charge in [-0.05, 0) is 59.7 Å². The van der Waals surface area contributed by atoms with E-state index >= 15 is 0 Å². The fourth-order valence-corrected chi connectivity index (χ4v) is 8.17. The van der Waals surface area contributed by atoms with Crippen LogP contribution in [0.2, 0.25) is 0 Å². The molecule has 18 heteroatoms. The smallest absolute Gasteiger partial charge is 0.421 e. The molecule has 6 N–H and O–H groups in total. The summed E-state index contributed by atoms with van der Waals surface area (Å²) in [7, 11) is -10.5. The summed E-state index contributed by atoms with van der Waals surface area (Å²) in [5.41, 5.74) is 6.05. The van der Waals surface area contributed by atoms with Crippen LogP contribution in [0, 0.1) is 16.7 Å². The SMILES string of the molecule is Nc1ccc2c(-c3ccc(C(=O)NCCC(=O)N4Cc5ccccc5C#Cc5ccccc54)cc3C(=O)O)c3ccc(=[N+]=O)c(S(=O)(=O)O)c-3oc2c1S(=O)(=O)O. The number of hydrogen-bond donors (Lipinski definition) is 5. The Hall–Kier alpha value is -7.13. The lowest BCUT2D eigenvalue weighted by atomic mass is 9.89. The second kappa shape index (κ2) is 14.5. The summed E-state index contributed by atoms with van der Waals surface area (Å²) in [5.74, 6) is 2.78. The lowest BCUT2D eigenvalue weighted by molar-refractivity contribution is -0.118. The van der Waals surface area contributed by atoms with Gasteiger partial charge in [0.2, 0.25) is 15.7 Å². The summed E-state index contributed by atoms with van der Waals surface area (Å²) in [5, 5.41) is 12.0. The Morgan fingerprint density at radius 3 is 2.21 bits per heavy atom. The van der Waals surface area contributed by atoms with Crippen LogP contribution >= 0.6 is 0 Å². The van der Waals surface area contributed by atoms with E-state index in [4.69, 9.17) is 10.2 Å². The monoisotopic (exact) mass is 807 g/mol. The molecule has 57 heavy (non-hydrogen) atoms. The fraction of sp³-hybridized carbons (Fsp3) is 0.0769. The molecule has 0 radical (unpaired) electrons. The molecule has 7 rings (SSSR count). The zero-order valence-corrected chi connectivity index (χ0v) is 30.7. The lowest BCUT2D eigenvalue weighted by Gasteiger charge is -2.26. The number of nitrogens with zero attached hydrogens (tertiary/aromatic N) is 2. The summed E-state index contributed by atoms with van der Waals surface area (Å²) in [6.07, 6.45) is -0.141. The van der Waals surface area contributed by atoms with Gasteiger partial charge in [0.15, 0.2) is 21.1 Å². The number of carboxylic acids is 1. The maximum absolute atomic E-state index is 13.6. The molecule has 0 spiro atoms. The molecule has 0 atom stereocenters. The van der Waals surface area contributed by atoms with Gasteiger partial charge in [0.1, 0.15) is 0 Å². The minimum Gasteiger partial charge on any atom is -0.478 e. The minimum absolute atomic E-state index is 0.141. The molecule has 2 amide bonds. The zero-order valence-electron chi connectivity index (χ0n) is 29.1. The highest BCUT2D eigenvalue weighted by atomic mass is 32.2. The Kier molecular flexibility index (Phi) is 9.71. The Balaban J connectivity index is 1.26. The highest BCUT2D eigenvalue weighted by molar-refractivity contribution is 7.86.